The van der Waals surface area contributed by atoms with E-state index in [0.29, 0.717) is 13.0 Å². The molecule has 0 aromatic carbocycles. The maximum atomic E-state index is 11.9. The highest BCUT2D eigenvalue weighted by Gasteiger charge is 2.24. The second-order valence-corrected chi connectivity index (χ2v) is 6.50. The summed E-state index contributed by atoms with van der Waals surface area (Å²) in [6.07, 6.45) is 0.506. The first-order valence-electron chi connectivity index (χ1n) is 8.03. The zero-order valence-corrected chi connectivity index (χ0v) is 14.1. The first-order chi connectivity index (χ1) is 9.92. The summed E-state index contributed by atoms with van der Waals surface area (Å²) >= 11 is 0. The number of carbonyl (C=O) groups excluding carboxylic acids is 1. The lowest BCUT2D eigenvalue weighted by Crippen LogP contribution is -2.54. The van der Waals surface area contributed by atoms with Crippen molar-refractivity contribution in [3.63, 3.8) is 0 Å². The number of likely N-dealkylation sites (N-methyl/N-ethyl adjacent to an activating group) is 1. The van der Waals surface area contributed by atoms with E-state index in [1.165, 1.54) is 0 Å². The van der Waals surface area contributed by atoms with Crippen molar-refractivity contribution in [3.05, 3.63) is 0 Å². The summed E-state index contributed by atoms with van der Waals surface area (Å²) in [4.78, 5) is 19.0. The Bertz CT molecular complexity index is 300. The van der Waals surface area contributed by atoms with Gasteiger partial charge in [-0.05, 0) is 27.9 Å². The van der Waals surface area contributed by atoms with Crippen LogP contribution in [0.25, 0.3) is 0 Å². The highest BCUT2D eigenvalue weighted by molar-refractivity contribution is 5.76. The molecular weight excluding hydrogens is 266 g/mol. The Morgan fingerprint density at radius 3 is 2.33 bits per heavy atom. The lowest BCUT2D eigenvalue weighted by atomic mass is 10.1. The van der Waals surface area contributed by atoms with Gasteiger partial charge in [0.15, 0.2) is 0 Å². The number of nitrogens with two attached hydrogens (primary N) is 1. The quantitative estimate of drug-likeness (QED) is 0.627. The number of nitrogens with zero attached hydrogens (tertiary/aromatic N) is 3. The van der Waals surface area contributed by atoms with Gasteiger partial charge in [-0.1, -0.05) is 0 Å². The minimum absolute atomic E-state index is 0.107. The van der Waals surface area contributed by atoms with E-state index in [9.17, 15) is 4.79 Å². The molecule has 21 heavy (non-hydrogen) atoms. The minimum Gasteiger partial charge on any atom is -0.354 e. The average molecular weight is 299 g/mol. The van der Waals surface area contributed by atoms with Crippen LogP contribution in [0, 0.1) is 0 Å². The summed E-state index contributed by atoms with van der Waals surface area (Å²) in [6, 6.07) is 0.360. The molecule has 0 aromatic rings. The lowest BCUT2D eigenvalue weighted by molar-refractivity contribution is -0.123. The number of carbonyl (C=O) groups is 1. The van der Waals surface area contributed by atoms with Crippen LogP contribution in [0.1, 0.15) is 20.3 Å². The molecule has 0 bridgehead atoms. The standard InChI is InChI=1S/C15H33N5O/c1-13(2)17-15(21)11-14(12-16)20-9-7-19(8-10-20)6-5-18(3)4/h13-14H,5-12,16H2,1-4H3,(H,17,21). The summed E-state index contributed by atoms with van der Waals surface area (Å²) in [6.45, 7) is 10.9. The van der Waals surface area contributed by atoms with Gasteiger partial charge in [0.05, 0.1) is 0 Å². The first-order valence-corrected chi connectivity index (χ1v) is 8.03. The van der Waals surface area contributed by atoms with E-state index >= 15 is 0 Å². The van der Waals surface area contributed by atoms with Crippen molar-refractivity contribution in [2.75, 3.05) is 59.9 Å². The largest absolute Gasteiger partial charge is 0.354 e. The van der Waals surface area contributed by atoms with Crippen LogP contribution in [0.5, 0.6) is 0 Å². The van der Waals surface area contributed by atoms with E-state index < -0.39 is 0 Å². The molecule has 0 aliphatic carbocycles. The van der Waals surface area contributed by atoms with E-state index in [1.807, 2.05) is 13.8 Å². The highest BCUT2D eigenvalue weighted by Crippen LogP contribution is 2.09. The third-order valence-electron chi connectivity index (χ3n) is 3.93. The Hall–Kier alpha value is -0.690. The molecule has 1 fully saturated rings. The van der Waals surface area contributed by atoms with Crippen LogP contribution in [0.4, 0.5) is 0 Å². The van der Waals surface area contributed by atoms with Gasteiger partial charge in [0.2, 0.25) is 5.91 Å². The molecule has 6 nitrogen and oxygen atoms in total. The number of amides is 1. The molecule has 1 aliphatic rings. The zero-order chi connectivity index (χ0) is 15.8. The fourth-order valence-electron chi connectivity index (χ4n) is 2.65. The Kier molecular flexibility index (Phi) is 8.18. The maximum Gasteiger partial charge on any atom is 0.221 e. The van der Waals surface area contributed by atoms with E-state index in [2.05, 4.69) is 34.1 Å². The Morgan fingerprint density at radius 2 is 1.86 bits per heavy atom. The van der Waals surface area contributed by atoms with Gasteiger partial charge in [-0.15, -0.1) is 0 Å². The van der Waals surface area contributed by atoms with Crippen molar-refractivity contribution in [1.29, 1.82) is 0 Å². The molecule has 1 amide bonds. The Balaban J connectivity index is 2.34. The predicted molar refractivity (Wildman–Crippen MR) is 87.3 cm³/mol. The summed E-state index contributed by atoms with van der Waals surface area (Å²) in [5, 5.41) is 2.95. The minimum atomic E-state index is 0.107. The molecule has 6 heteroatoms. The van der Waals surface area contributed by atoms with Crippen molar-refractivity contribution in [2.24, 2.45) is 5.73 Å². The molecule has 1 atom stereocenters. The van der Waals surface area contributed by atoms with Gasteiger partial charge in [0.1, 0.15) is 0 Å². The second-order valence-electron chi connectivity index (χ2n) is 6.50. The summed E-state index contributed by atoms with van der Waals surface area (Å²) < 4.78 is 0. The van der Waals surface area contributed by atoms with Gasteiger partial charge in [-0.2, -0.15) is 0 Å². The van der Waals surface area contributed by atoms with Crippen LogP contribution in [-0.2, 0) is 4.79 Å². The monoisotopic (exact) mass is 299 g/mol. The molecule has 1 rings (SSSR count). The molecule has 0 aromatic heterocycles. The van der Waals surface area contributed by atoms with E-state index in [0.717, 1.165) is 39.3 Å². The van der Waals surface area contributed by atoms with Gasteiger partial charge in [-0.3, -0.25) is 14.6 Å². The van der Waals surface area contributed by atoms with Crippen molar-refractivity contribution < 1.29 is 4.79 Å². The summed E-state index contributed by atoms with van der Waals surface area (Å²) in [7, 11) is 4.21. The molecule has 1 saturated heterocycles. The molecule has 0 radical (unpaired) electrons. The van der Waals surface area contributed by atoms with E-state index in [4.69, 9.17) is 5.73 Å². The molecule has 1 heterocycles. The smallest absolute Gasteiger partial charge is 0.221 e. The Morgan fingerprint density at radius 1 is 1.24 bits per heavy atom. The molecule has 3 N–H and O–H groups in total. The lowest BCUT2D eigenvalue weighted by Gasteiger charge is -2.39. The Labute approximate surface area is 129 Å². The normalized spacial score (nSPS) is 19.2. The van der Waals surface area contributed by atoms with Gasteiger partial charge < -0.3 is 16.0 Å². The molecule has 1 unspecified atom stereocenters. The molecule has 1 aliphatic heterocycles. The van der Waals surface area contributed by atoms with Crippen LogP contribution in [0.15, 0.2) is 0 Å². The van der Waals surface area contributed by atoms with Crippen molar-refractivity contribution in [3.8, 4) is 0 Å². The third kappa shape index (κ3) is 7.22. The molecule has 124 valence electrons. The van der Waals surface area contributed by atoms with Gasteiger partial charge in [-0.25, -0.2) is 0 Å². The van der Waals surface area contributed by atoms with Gasteiger partial charge in [0, 0.05) is 64.3 Å². The molecular formula is C15H33N5O. The van der Waals surface area contributed by atoms with Gasteiger partial charge in [0.25, 0.3) is 0 Å². The van der Waals surface area contributed by atoms with Crippen molar-refractivity contribution in [2.45, 2.75) is 32.4 Å². The fourth-order valence-corrected chi connectivity index (χ4v) is 2.65. The topological polar surface area (TPSA) is 64.8 Å². The number of nitrogens with one attached hydrogen (secondary N) is 1. The molecule has 0 spiro atoms. The number of rotatable bonds is 8. The SMILES string of the molecule is CC(C)NC(=O)CC(CN)N1CCN(CCN(C)C)CC1. The average Bonchev–Trinajstić information content (AvgIpc) is 2.42. The van der Waals surface area contributed by atoms with Crippen molar-refractivity contribution in [1.82, 2.24) is 20.0 Å². The zero-order valence-electron chi connectivity index (χ0n) is 14.1. The summed E-state index contributed by atoms with van der Waals surface area (Å²) in [5.41, 5.74) is 5.87. The van der Waals surface area contributed by atoms with Crippen LogP contribution in [0.2, 0.25) is 0 Å². The van der Waals surface area contributed by atoms with Crippen molar-refractivity contribution >= 4 is 5.91 Å². The number of hydrogen-bond donors (Lipinski definition) is 2. The third-order valence-corrected chi connectivity index (χ3v) is 3.93. The van der Waals surface area contributed by atoms with E-state index in [1.54, 1.807) is 0 Å². The first kappa shape index (κ1) is 18.4. The second kappa shape index (κ2) is 9.35. The van der Waals surface area contributed by atoms with Crippen LogP contribution in [0.3, 0.4) is 0 Å². The van der Waals surface area contributed by atoms with Crippen LogP contribution >= 0.6 is 0 Å². The summed E-state index contributed by atoms with van der Waals surface area (Å²) in [5.74, 6) is 0.107. The van der Waals surface area contributed by atoms with Gasteiger partial charge >= 0.3 is 0 Å². The maximum absolute atomic E-state index is 11.9. The fraction of sp³-hybridized carbons (Fsp3) is 0.933. The number of piperazine rings is 1. The molecule has 0 saturated carbocycles. The van der Waals surface area contributed by atoms with E-state index in [-0.39, 0.29) is 18.0 Å². The predicted octanol–water partition coefficient (Wildman–Crippen LogP) is -0.592. The van der Waals surface area contributed by atoms with Crippen LogP contribution < -0.4 is 11.1 Å². The van der Waals surface area contributed by atoms with Crippen LogP contribution in [-0.4, -0.2) is 92.6 Å². The highest BCUT2D eigenvalue weighted by atomic mass is 16.1. The number of hydrogen-bond acceptors (Lipinski definition) is 5.